The molecule has 0 aliphatic carbocycles. The van der Waals surface area contributed by atoms with Gasteiger partial charge in [-0.15, -0.1) is 0 Å². The van der Waals surface area contributed by atoms with E-state index in [1.165, 1.54) is 7.11 Å². The second kappa shape index (κ2) is 8.05. The summed E-state index contributed by atoms with van der Waals surface area (Å²) in [5.74, 6) is -0.640. The van der Waals surface area contributed by atoms with Crippen molar-refractivity contribution in [3.63, 3.8) is 0 Å². The van der Waals surface area contributed by atoms with Crippen LogP contribution in [0.2, 0.25) is 5.02 Å². The Labute approximate surface area is 161 Å². The van der Waals surface area contributed by atoms with E-state index in [0.717, 1.165) is 0 Å². The fourth-order valence-electron chi connectivity index (χ4n) is 2.65. The molecule has 6 nitrogen and oxygen atoms in total. The van der Waals surface area contributed by atoms with E-state index in [9.17, 15) is 9.59 Å². The van der Waals surface area contributed by atoms with Gasteiger partial charge in [-0.25, -0.2) is 4.79 Å². The van der Waals surface area contributed by atoms with Crippen molar-refractivity contribution < 1.29 is 19.1 Å². The van der Waals surface area contributed by atoms with Crippen LogP contribution in [0.15, 0.2) is 48.5 Å². The number of pyridine rings is 1. The average Bonchev–Trinajstić information content (AvgIpc) is 2.65. The SMILES string of the molecule is COc1ccc(Cl)cc1NC(=O)COC(=O)c1cc(C)nc2ccccc12. The van der Waals surface area contributed by atoms with Crippen LogP contribution in [0.1, 0.15) is 16.1 Å². The summed E-state index contributed by atoms with van der Waals surface area (Å²) in [5, 5.41) is 3.74. The van der Waals surface area contributed by atoms with Crippen molar-refractivity contribution >= 4 is 40.1 Å². The Balaban J connectivity index is 1.71. The highest BCUT2D eigenvalue weighted by Gasteiger charge is 2.16. The van der Waals surface area contributed by atoms with E-state index in [1.807, 2.05) is 18.2 Å². The number of rotatable bonds is 5. The van der Waals surface area contributed by atoms with E-state index in [1.54, 1.807) is 37.3 Å². The van der Waals surface area contributed by atoms with Crippen LogP contribution < -0.4 is 10.1 Å². The maximum absolute atomic E-state index is 12.5. The second-order valence-corrected chi connectivity index (χ2v) is 6.23. The lowest BCUT2D eigenvalue weighted by Gasteiger charge is -2.11. The Morgan fingerprint density at radius 2 is 1.93 bits per heavy atom. The molecule has 138 valence electrons. The zero-order chi connectivity index (χ0) is 19.4. The van der Waals surface area contributed by atoms with Gasteiger partial charge in [0, 0.05) is 16.1 Å². The van der Waals surface area contributed by atoms with Crippen molar-refractivity contribution in [2.45, 2.75) is 6.92 Å². The molecular formula is C20H17ClN2O4. The molecule has 0 atom stereocenters. The number of benzene rings is 2. The van der Waals surface area contributed by atoms with Gasteiger partial charge in [0.05, 0.1) is 23.9 Å². The molecule has 27 heavy (non-hydrogen) atoms. The van der Waals surface area contributed by atoms with E-state index >= 15 is 0 Å². The smallest absolute Gasteiger partial charge is 0.339 e. The fourth-order valence-corrected chi connectivity index (χ4v) is 2.82. The number of nitrogens with zero attached hydrogens (tertiary/aromatic N) is 1. The van der Waals surface area contributed by atoms with Gasteiger partial charge in [-0.05, 0) is 37.3 Å². The molecule has 0 aliphatic heterocycles. The normalized spacial score (nSPS) is 10.5. The molecule has 0 saturated carbocycles. The van der Waals surface area contributed by atoms with Gasteiger partial charge in [0.25, 0.3) is 5.91 Å². The summed E-state index contributed by atoms with van der Waals surface area (Å²) in [4.78, 5) is 29.0. The predicted molar refractivity (Wildman–Crippen MR) is 103 cm³/mol. The summed E-state index contributed by atoms with van der Waals surface area (Å²) in [7, 11) is 1.48. The fraction of sp³-hybridized carbons (Fsp3) is 0.150. The zero-order valence-corrected chi connectivity index (χ0v) is 15.5. The molecule has 1 N–H and O–H groups in total. The van der Waals surface area contributed by atoms with Crippen LogP contribution in [0.3, 0.4) is 0 Å². The van der Waals surface area contributed by atoms with Gasteiger partial charge >= 0.3 is 5.97 Å². The first-order valence-electron chi connectivity index (χ1n) is 8.15. The molecule has 0 unspecified atom stereocenters. The number of esters is 1. The minimum absolute atomic E-state index is 0.367. The lowest BCUT2D eigenvalue weighted by molar-refractivity contribution is -0.119. The van der Waals surface area contributed by atoms with Crippen molar-refractivity contribution in [3.8, 4) is 5.75 Å². The van der Waals surface area contributed by atoms with E-state index < -0.39 is 18.5 Å². The largest absolute Gasteiger partial charge is 0.495 e. The lowest BCUT2D eigenvalue weighted by atomic mass is 10.1. The molecule has 0 radical (unpaired) electrons. The number of para-hydroxylation sites is 1. The molecule has 0 bridgehead atoms. The zero-order valence-electron chi connectivity index (χ0n) is 14.8. The molecular weight excluding hydrogens is 368 g/mol. The number of anilines is 1. The van der Waals surface area contributed by atoms with Crippen molar-refractivity contribution in [3.05, 3.63) is 64.8 Å². The van der Waals surface area contributed by atoms with Crippen LogP contribution in [0.25, 0.3) is 10.9 Å². The molecule has 2 aromatic carbocycles. The van der Waals surface area contributed by atoms with Gasteiger partial charge in [-0.3, -0.25) is 9.78 Å². The van der Waals surface area contributed by atoms with E-state index in [0.29, 0.717) is 38.6 Å². The van der Waals surface area contributed by atoms with Crippen molar-refractivity contribution in [1.29, 1.82) is 0 Å². The number of aryl methyl sites for hydroxylation is 1. The number of carbonyl (C=O) groups is 2. The number of aromatic nitrogens is 1. The highest BCUT2D eigenvalue weighted by Crippen LogP contribution is 2.27. The number of hydrogen-bond donors (Lipinski definition) is 1. The van der Waals surface area contributed by atoms with Crippen LogP contribution in [0.5, 0.6) is 5.75 Å². The minimum atomic E-state index is -0.593. The number of carbonyl (C=O) groups excluding carboxylic acids is 2. The molecule has 3 aromatic rings. The third kappa shape index (κ3) is 4.35. The van der Waals surface area contributed by atoms with Crippen molar-refractivity contribution in [2.75, 3.05) is 19.0 Å². The third-order valence-electron chi connectivity index (χ3n) is 3.83. The number of halogens is 1. The summed E-state index contributed by atoms with van der Waals surface area (Å²) in [6.07, 6.45) is 0. The summed E-state index contributed by atoms with van der Waals surface area (Å²) < 4.78 is 10.3. The highest BCUT2D eigenvalue weighted by molar-refractivity contribution is 6.31. The third-order valence-corrected chi connectivity index (χ3v) is 4.07. The van der Waals surface area contributed by atoms with Crippen LogP contribution in [0.4, 0.5) is 5.69 Å². The number of ether oxygens (including phenoxy) is 2. The van der Waals surface area contributed by atoms with E-state index in [4.69, 9.17) is 21.1 Å². The Bertz CT molecular complexity index is 1020. The highest BCUT2D eigenvalue weighted by atomic mass is 35.5. The maximum Gasteiger partial charge on any atom is 0.339 e. The molecule has 1 amide bonds. The second-order valence-electron chi connectivity index (χ2n) is 5.80. The molecule has 0 spiro atoms. The van der Waals surface area contributed by atoms with Gasteiger partial charge in [-0.1, -0.05) is 29.8 Å². The molecule has 0 saturated heterocycles. The summed E-state index contributed by atoms with van der Waals surface area (Å²) in [6, 6.07) is 13.7. The van der Waals surface area contributed by atoms with Crippen molar-refractivity contribution in [2.24, 2.45) is 0 Å². The maximum atomic E-state index is 12.5. The number of amides is 1. The molecule has 0 aliphatic rings. The van der Waals surface area contributed by atoms with Crippen LogP contribution in [-0.2, 0) is 9.53 Å². The molecule has 7 heteroatoms. The molecule has 0 fully saturated rings. The van der Waals surface area contributed by atoms with Crippen LogP contribution in [0, 0.1) is 6.92 Å². The standard InChI is InChI=1S/C20H17ClN2O4/c1-12-9-15(14-5-3-4-6-16(14)22-12)20(25)27-11-19(24)23-17-10-13(21)7-8-18(17)26-2/h3-10H,11H2,1-2H3,(H,23,24). The van der Waals surface area contributed by atoms with Crippen LogP contribution in [-0.4, -0.2) is 30.6 Å². The number of nitrogens with one attached hydrogen (secondary N) is 1. The summed E-state index contributed by atoms with van der Waals surface area (Å²) in [5.41, 5.74) is 2.15. The van der Waals surface area contributed by atoms with Gasteiger partial charge in [-0.2, -0.15) is 0 Å². The van der Waals surface area contributed by atoms with Crippen molar-refractivity contribution in [1.82, 2.24) is 4.98 Å². The van der Waals surface area contributed by atoms with E-state index in [-0.39, 0.29) is 0 Å². The topological polar surface area (TPSA) is 77.5 Å². The molecule has 1 heterocycles. The quantitative estimate of drug-likeness (QED) is 0.673. The van der Waals surface area contributed by atoms with Crippen LogP contribution >= 0.6 is 11.6 Å². The molecule has 1 aromatic heterocycles. The molecule has 3 rings (SSSR count). The first-order chi connectivity index (χ1) is 13.0. The lowest BCUT2D eigenvalue weighted by Crippen LogP contribution is -2.21. The predicted octanol–water partition coefficient (Wildman–Crippen LogP) is 4.00. The minimum Gasteiger partial charge on any atom is -0.495 e. The Morgan fingerprint density at radius 1 is 1.15 bits per heavy atom. The van der Waals surface area contributed by atoms with Gasteiger partial charge < -0.3 is 14.8 Å². The van der Waals surface area contributed by atoms with E-state index in [2.05, 4.69) is 10.3 Å². The Morgan fingerprint density at radius 3 is 2.70 bits per heavy atom. The Hall–Kier alpha value is -3.12. The number of fused-ring (bicyclic) bond motifs is 1. The van der Waals surface area contributed by atoms with Gasteiger partial charge in [0.15, 0.2) is 6.61 Å². The number of hydrogen-bond acceptors (Lipinski definition) is 5. The monoisotopic (exact) mass is 384 g/mol. The van der Waals surface area contributed by atoms with Gasteiger partial charge in [0.2, 0.25) is 0 Å². The average molecular weight is 385 g/mol. The number of methoxy groups -OCH3 is 1. The Kier molecular flexibility index (Phi) is 5.57. The van der Waals surface area contributed by atoms with Gasteiger partial charge in [0.1, 0.15) is 5.75 Å². The first-order valence-corrected chi connectivity index (χ1v) is 8.52. The first kappa shape index (κ1) is 18.7. The summed E-state index contributed by atoms with van der Waals surface area (Å²) >= 11 is 5.94. The summed E-state index contributed by atoms with van der Waals surface area (Å²) in [6.45, 7) is 1.35.